The van der Waals surface area contributed by atoms with Gasteiger partial charge in [-0.3, -0.25) is 4.98 Å². The van der Waals surface area contributed by atoms with Crippen LogP contribution in [0.25, 0.3) is 11.4 Å². The highest BCUT2D eigenvalue weighted by Gasteiger charge is 2.29. The third kappa shape index (κ3) is 6.89. The Bertz CT molecular complexity index is 966. The summed E-state index contributed by atoms with van der Waals surface area (Å²) in [5, 5.41) is 6.24. The lowest BCUT2D eigenvalue weighted by atomic mass is 10.2. The van der Waals surface area contributed by atoms with E-state index in [9.17, 15) is 13.2 Å². The highest BCUT2D eigenvalue weighted by molar-refractivity contribution is 8.00. The largest absolute Gasteiger partial charge is 0.446 e. The van der Waals surface area contributed by atoms with Gasteiger partial charge in [0.05, 0.1) is 11.4 Å². The van der Waals surface area contributed by atoms with Gasteiger partial charge in [0.2, 0.25) is 5.95 Å². The van der Waals surface area contributed by atoms with Crippen LogP contribution in [0, 0.1) is 0 Å². The lowest BCUT2D eigenvalue weighted by molar-refractivity contribution is -0.0328. The number of benzene rings is 1. The van der Waals surface area contributed by atoms with Gasteiger partial charge in [0.15, 0.2) is 0 Å². The summed E-state index contributed by atoms with van der Waals surface area (Å²) in [6.07, 6.45) is 1.67. The van der Waals surface area contributed by atoms with Gasteiger partial charge in [-0.05, 0) is 56.2 Å². The Kier molecular flexibility index (Phi) is 7.11. The second-order valence-corrected chi connectivity index (χ2v) is 7.75. The van der Waals surface area contributed by atoms with E-state index in [1.165, 1.54) is 12.1 Å². The first kappa shape index (κ1) is 21.8. The molecule has 3 rings (SSSR count). The smallest absolute Gasteiger partial charge is 0.353 e. The first-order valence-corrected chi connectivity index (χ1v) is 9.92. The minimum atomic E-state index is -4.34. The molecule has 0 spiro atoms. The fourth-order valence-electron chi connectivity index (χ4n) is 2.55. The Morgan fingerprint density at radius 2 is 1.83 bits per heavy atom. The quantitative estimate of drug-likeness (QED) is 0.491. The zero-order valence-electron chi connectivity index (χ0n) is 16.4. The Morgan fingerprint density at radius 3 is 2.53 bits per heavy atom. The molecule has 0 atom stereocenters. The molecule has 0 aliphatic carbocycles. The molecule has 0 radical (unpaired) electrons. The fourth-order valence-corrected chi connectivity index (χ4v) is 3.15. The maximum Gasteiger partial charge on any atom is 0.446 e. The number of aromatic nitrogens is 3. The van der Waals surface area contributed by atoms with E-state index in [2.05, 4.69) is 25.6 Å². The molecule has 0 unspecified atom stereocenters. The van der Waals surface area contributed by atoms with Gasteiger partial charge < -0.3 is 15.5 Å². The van der Waals surface area contributed by atoms with E-state index in [4.69, 9.17) is 0 Å². The Balaban J connectivity index is 1.86. The van der Waals surface area contributed by atoms with Crippen LogP contribution in [0.4, 0.5) is 30.6 Å². The minimum Gasteiger partial charge on any atom is -0.353 e. The van der Waals surface area contributed by atoms with Crippen LogP contribution < -0.4 is 10.6 Å². The van der Waals surface area contributed by atoms with Crippen molar-refractivity contribution in [3.8, 4) is 11.4 Å². The molecule has 0 bridgehead atoms. The SMILES string of the molecule is CN(C)CCNc1nc(Nc2cccc(SC(F)(F)F)c2)cc(-c2ccccn2)n1. The molecule has 3 aromatic rings. The van der Waals surface area contributed by atoms with Gasteiger partial charge in [-0.1, -0.05) is 12.1 Å². The van der Waals surface area contributed by atoms with E-state index >= 15 is 0 Å². The first-order valence-electron chi connectivity index (χ1n) is 9.10. The fraction of sp³-hybridized carbons (Fsp3) is 0.250. The molecule has 10 heteroatoms. The maximum atomic E-state index is 12.7. The molecule has 158 valence electrons. The summed E-state index contributed by atoms with van der Waals surface area (Å²) >= 11 is -0.157. The highest BCUT2D eigenvalue weighted by Crippen LogP contribution is 2.37. The lowest BCUT2D eigenvalue weighted by Crippen LogP contribution is -2.21. The number of nitrogens with one attached hydrogen (secondary N) is 2. The molecule has 30 heavy (non-hydrogen) atoms. The monoisotopic (exact) mass is 434 g/mol. The van der Waals surface area contributed by atoms with Crippen LogP contribution in [0.1, 0.15) is 0 Å². The van der Waals surface area contributed by atoms with Crippen LogP contribution in [0.3, 0.4) is 0 Å². The average molecular weight is 434 g/mol. The molecule has 0 aliphatic rings. The van der Waals surface area contributed by atoms with E-state index in [1.54, 1.807) is 24.4 Å². The van der Waals surface area contributed by atoms with Gasteiger partial charge in [0.25, 0.3) is 0 Å². The maximum absolute atomic E-state index is 12.7. The second kappa shape index (κ2) is 9.77. The number of nitrogens with zero attached hydrogens (tertiary/aromatic N) is 4. The van der Waals surface area contributed by atoms with Gasteiger partial charge in [0, 0.05) is 35.9 Å². The summed E-state index contributed by atoms with van der Waals surface area (Å²) in [5.74, 6) is 0.857. The summed E-state index contributed by atoms with van der Waals surface area (Å²) < 4.78 is 38.0. The van der Waals surface area contributed by atoms with E-state index in [0.717, 1.165) is 6.54 Å². The Labute approximate surface area is 177 Å². The van der Waals surface area contributed by atoms with Crippen LogP contribution in [-0.4, -0.2) is 52.5 Å². The Hall–Kier alpha value is -2.85. The van der Waals surface area contributed by atoms with Gasteiger partial charge in [0.1, 0.15) is 5.82 Å². The molecule has 0 amide bonds. The van der Waals surface area contributed by atoms with Crippen molar-refractivity contribution in [3.63, 3.8) is 0 Å². The van der Waals surface area contributed by atoms with Gasteiger partial charge in [-0.2, -0.15) is 18.2 Å². The third-order valence-electron chi connectivity index (χ3n) is 3.84. The van der Waals surface area contributed by atoms with E-state index in [-0.39, 0.29) is 16.7 Å². The van der Waals surface area contributed by atoms with Crippen molar-refractivity contribution in [2.75, 3.05) is 37.8 Å². The molecule has 0 saturated carbocycles. The highest BCUT2D eigenvalue weighted by atomic mass is 32.2. The predicted molar refractivity (Wildman–Crippen MR) is 114 cm³/mol. The van der Waals surface area contributed by atoms with E-state index in [0.29, 0.717) is 35.4 Å². The number of hydrogen-bond acceptors (Lipinski definition) is 7. The van der Waals surface area contributed by atoms with Gasteiger partial charge >= 0.3 is 5.51 Å². The number of alkyl halides is 3. The molecule has 2 N–H and O–H groups in total. The van der Waals surface area contributed by atoms with Crippen molar-refractivity contribution in [1.82, 2.24) is 19.9 Å². The normalized spacial score (nSPS) is 11.5. The third-order valence-corrected chi connectivity index (χ3v) is 4.56. The first-order chi connectivity index (χ1) is 14.3. The number of hydrogen-bond donors (Lipinski definition) is 2. The number of anilines is 3. The molecule has 1 aromatic carbocycles. The predicted octanol–water partition coefficient (Wildman–Crippen LogP) is 4.87. The summed E-state index contributed by atoms with van der Waals surface area (Å²) in [4.78, 5) is 15.4. The van der Waals surface area contributed by atoms with Crippen molar-refractivity contribution in [1.29, 1.82) is 0 Å². The number of pyridine rings is 1. The van der Waals surface area contributed by atoms with Gasteiger partial charge in [-0.15, -0.1) is 0 Å². The van der Waals surface area contributed by atoms with Crippen LogP contribution in [-0.2, 0) is 0 Å². The van der Waals surface area contributed by atoms with Crippen molar-refractivity contribution in [3.05, 3.63) is 54.7 Å². The summed E-state index contributed by atoms with van der Waals surface area (Å²) in [5.41, 5.74) is -2.58. The lowest BCUT2D eigenvalue weighted by Gasteiger charge is -2.13. The van der Waals surface area contributed by atoms with E-state index in [1.807, 2.05) is 37.2 Å². The minimum absolute atomic E-state index is 0.0934. The number of halogens is 3. The molecular formula is C20H21F3N6S. The molecule has 0 saturated heterocycles. The topological polar surface area (TPSA) is 66.0 Å². The molecule has 0 aliphatic heterocycles. The summed E-state index contributed by atoms with van der Waals surface area (Å²) in [7, 11) is 3.93. The average Bonchev–Trinajstić information content (AvgIpc) is 2.67. The van der Waals surface area contributed by atoms with Crippen LogP contribution in [0.5, 0.6) is 0 Å². The van der Waals surface area contributed by atoms with Crippen molar-refractivity contribution >= 4 is 29.2 Å². The summed E-state index contributed by atoms with van der Waals surface area (Å²) in [6, 6.07) is 13.3. The second-order valence-electron chi connectivity index (χ2n) is 6.61. The molecule has 0 fully saturated rings. The van der Waals surface area contributed by atoms with Crippen LogP contribution in [0.2, 0.25) is 0 Å². The number of likely N-dealkylation sites (N-methyl/N-ethyl adjacent to an activating group) is 1. The molecular weight excluding hydrogens is 413 g/mol. The van der Waals surface area contributed by atoms with E-state index < -0.39 is 5.51 Å². The Morgan fingerprint density at radius 1 is 1.00 bits per heavy atom. The van der Waals surface area contributed by atoms with Crippen molar-refractivity contribution < 1.29 is 13.2 Å². The number of thioether (sulfide) groups is 1. The zero-order chi connectivity index (χ0) is 21.6. The molecule has 2 aromatic heterocycles. The molecule has 6 nitrogen and oxygen atoms in total. The van der Waals surface area contributed by atoms with Crippen molar-refractivity contribution in [2.45, 2.75) is 10.4 Å². The summed E-state index contributed by atoms with van der Waals surface area (Å²) in [6.45, 7) is 1.42. The van der Waals surface area contributed by atoms with Crippen LogP contribution >= 0.6 is 11.8 Å². The molecule has 2 heterocycles. The van der Waals surface area contributed by atoms with Crippen LogP contribution in [0.15, 0.2) is 59.6 Å². The number of rotatable bonds is 8. The van der Waals surface area contributed by atoms with Crippen molar-refractivity contribution in [2.24, 2.45) is 0 Å². The standard InChI is InChI=1S/C20H21F3N6S/c1-29(2)11-10-25-19-27-17(16-8-3-4-9-24-16)13-18(28-19)26-14-6-5-7-15(12-14)30-20(21,22)23/h3-9,12-13H,10-11H2,1-2H3,(H2,25,26,27,28). The van der Waals surface area contributed by atoms with Gasteiger partial charge in [-0.25, -0.2) is 4.98 Å². The zero-order valence-corrected chi connectivity index (χ0v) is 17.3.